The zero-order chi connectivity index (χ0) is 30.7. The van der Waals surface area contributed by atoms with Crippen LogP contribution in [-0.4, -0.2) is 52.4 Å². The summed E-state index contributed by atoms with van der Waals surface area (Å²) in [5, 5.41) is 32.3. The lowest BCUT2D eigenvalue weighted by atomic mass is 9.32. The second-order valence-corrected chi connectivity index (χ2v) is 16.7. The van der Waals surface area contributed by atoms with E-state index in [9.17, 15) is 24.9 Å². The summed E-state index contributed by atoms with van der Waals surface area (Å²) in [7, 11) is 0. The molecule has 0 amide bonds. The molecule has 0 radical (unpaired) electrons. The first-order valence-electron chi connectivity index (χ1n) is 16.3. The highest BCUT2D eigenvalue weighted by Gasteiger charge is 2.75. The van der Waals surface area contributed by atoms with Crippen molar-refractivity contribution in [2.75, 3.05) is 13.2 Å². The number of hydrogen-bond acceptors (Lipinski definition) is 6. The van der Waals surface area contributed by atoms with Crippen molar-refractivity contribution in [1.82, 2.24) is 0 Å². The molecule has 3 N–H and O–H groups in total. The number of aliphatic hydroxyl groups is 2. The predicted octanol–water partition coefficient (Wildman–Crippen LogP) is 6.03. The summed E-state index contributed by atoms with van der Waals surface area (Å²) in [6.07, 6.45) is 9.83. The SMILES string of the molecule is C=C(C(=O)OCC1(C)C2CC[C@]3(C)[C@H](CC=C4[C@H]5CC(C)(C)CC[C@]5(C(=O)O)CC[C@]43C)[C@@]23CC[C@]1(O)OC3)[C@H](C)O. The standard InChI is InChI=1S/C35H52O7/c1-21(22(2)36)27(37)41-19-32(7)26-10-11-31(6)25(34(26)16-17-35(32,40)42-20-34)9-8-23-24-18-29(3,4)12-14-33(24,28(38)39)15-13-30(23,31)5/h8,22,24-26,36,40H,1,9-20H2,2-7H3,(H,38,39)/t22-,24+,25-,26?,30+,31+,32?,33-,34-,35-/m0/s1. The minimum atomic E-state index is -1.38. The van der Waals surface area contributed by atoms with Crippen molar-refractivity contribution < 1.29 is 34.4 Å². The van der Waals surface area contributed by atoms with Gasteiger partial charge in [0.2, 0.25) is 0 Å². The van der Waals surface area contributed by atoms with Gasteiger partial charge in [0.15, 0.2) is 5.79 Å². The van der Waals surface area contributed by atoms with Crippen LogP contribution in [0.1, 0.15) is 106 Å². The number of fused-ring (bicyclic) bond motifs is 7. The molecule has 2 heterocycles. The molecule has 0 aromatic rings. The molecule has 2 saturated heterocycles. The molecule has 7 aliphatic rings. The number of carboxylic acids is 1. The summed E-state index contributed by atoms with van der Waals surface area (Å²) in [6, 6.07) is 0. The molecule has 2 unspecified atom stereocenters. The summed E-state index contributed by atoms with van der Waals surface area (Å²) in [4.78, 5) is 25.6. The summed E-state index contributed by atoms with van der Waals surface area (Å²) in [5.41, 5.74) is -0.218. The van der Waals surface area contributed by atoms with E-state index >= 15 is 0 Å². The lowest BCUT2D eigenvalue weighted by Gasteiger charge is -2.74. The smallest absolute Gasteiger partial charge is 0.336 e. The fraction of sp³-hybridized carbons (Fsp3) is 0.829. The van der Waals surface area contributed by atoms with Gasteiger partial charge in [-0.25, -0.2) is 4.79 Å². The third-order valence-corrected chi connectivity index (χ3v) is 14.6. The minimum absolute atomic E-state index is 0.0110. The first-order chi connectivity index (χ1) is 19.4. The molecule has 234 valence electrons. The zero-order valence-electron chi connectivity index (χ0n) is 26.6. The molecule has 0 aromatic heterocycles. The van der Waals surface area contributed by atoms with Crippen LogP contribution in [0, 0.1) is 50.2 Å². The molecule has 42 heavy (non-hydrogen) atoms. The Morgan fingerprint density at radius 2 is 1.74 bits per heavy atom. The number of aliphatic hydroxyl groups excluding tert-OH is 1. The van der Waals surface area contributed by atoms with Gasteiger partial charge in [0.05, 0.1) is 29.1 Å². The highest BCUT2D eigenvalue weighted by molar-refractivity contribution is 5.88. The molecule has 2 aliphatic heterocycles. The van der Waals surface area contributed by atoms with Gasteiger partial charge in [0.25, 0.3) is 0 Å². The topological polar surface area (TPSA) is 113 Å². The predicted molar refractivity (Wildman–Crippen MR) is 158 cm³/mol. The number of allylic oxidation sites excluding steroid dienone is 2. The summed E-state index contributed by atoms with van der Waals surface area (Å²) in [5.74, 6) is -2.13. The van der Waals surface area contributed by atoms with Gasteiger partial charge < -0.3 is 24.8 Å². The monoisotopic (exact) mass is 584 g/mol. The maximum Gasteiger partial charge on any atom is 0.336 e. The Morgan fingerprint density at radius 3 is 2.36 bits per heavy atom. The van der Waals surface area contributed by atoms with Crippen molar-refractivity contribution >= 4 is 11.9 Å². The van der Waals surface area contributed by atoms with Crippen molar-refractivity contribution in [2.24, 2.45) is 50.2 Å². The number of carbonyl (C=O) groups excluding carboxylic acids is 1. The molecule has 5 aliphatic carbocycles. The van der Waals surface area contributed by atoms with Crippen molar-refractivity contribution in [3.8, 4) is 0 Å². The minimum Gasteiger partial charge on any atom is -0.481 e. The van der Waals surface area contributed by atoms with Crippen molar-refractivity contribution in [3.63, 3.8) is 0 Å². The zero-order valence-corrected chi connectivity index (χ0v) is 26.6. The van der Waals surface area contributed by atoms with Crippen LogP contribution < -0.4 is 0 Å². The average Bonchev–Trinajstić information content (AvgIpc) is 2.92. The number of rotatable bonds is 5. The Labute approximate surface area is 251 Å². The van der Waals surface area contributed by atoms with E-state index in [4.69, 9.17) is 9.47 Å². The number of ether oxygens (including phenoxy) is 2. The van der Waals surface area contributed by atoms with E-state index in [2.05, 4.69) is 40.3 Å². The number of hydrogen-bond donors (Lipinski definition) is 3. The Morgan fingerprint density at radius 1 is 1.05 bits per heavy atom. The highest BCUT2D eigenvalue weighted by Crippen LogP contribution is 2.78. The van der Waals surface area contributed by atoms with Gasteiger partial charge in [-0.15, -0.1) is 0 Å². The van der Waals surface area contributed by atoms with E-state index < -0.39 is 34.7 Å². The molecule has 2 bridgehead atoms. The van der Waals surface area contributed by atoms with Crippen LogP contribution in [0.5, 0.6) is 0 Å². The molecular weight excluding hydrogens is 532 g/mol. The molecule has 7 heteroatoms. The van der Waals surface area contributed by atoms with Crippen molar-refractivity contribution in [2.45, 2.75) is 118 Å². The first-order valence-corrected chi connectivity index (χ1v) is 16.3. The quantitative estimate of drug-likeness (QED) is 0.205. The number of esters is 1. The van der Waals surface area contributed by atoms with Crippen molar-refractivity contribution in [3.05, 3.63) is 23.8 Å². The Bertz CT molecular complexity index is 1220. The van der Waals surface area contributed by atoms with Crippen LogP contribution in [0.15, 0.2) is 23.8 Å². The Kier molecular flexibility index (Phi) is 6.62. The number of aliphatic carboxylic acids is 1. The molecular formula is C35H52O7. The number of carbonyl (C=O) groups is 2. The average molecular weight is 585 g/mol. The summed E-state index contributed by atoms with van der Waals surface area (Å²) in [6.45, 7) is 17.2. The summed E-state index contributed by atoms with van der Waals surface area (Å²) >= 11 is 0. The fourth-order valence-electron chi connectivity index (χ4n) is 11.5. The third-order valence-electron chi connectivity index (χ3n) is 14.6. The maximum absolute atomic E-state index is 12.9. The van der Waals surface area contributed by atoms with E-state index in [1.54, 1.807) is 0 Å². The lowest BCUT2D eigenvalue weighted by molar-refractivity contribution is -0.404. The largest absolute Gasteiger partial charge is 0.481 e. The molecule has 7 rings (SSSR count). The van der Waals surface area contributed by atoms with Gasteiger partial charge in [-0.1, -0.05) is 52.8 Å². The van der Waals surface area contributed by atoms with Crippen LogP contribution in [0.3, 0.4) is 0 Å². The van der Waals surface area contributed by atoms with E-state index in [1.807, 2.05) is 6.92 Å². The molecule has 4 saturated carbocycles. The van der Waals surface area contributed by atoms with Gasteiger partial charge >= 0.3 is 11.9 Å². The van der Waals surface area contributed by atoms with E-state index in [1.165, 1.54) is 12.5 Å². The highest BCUT2D eigenvalue weighted by atomic mass is 16.6. The first kappa shape index (κ1) is 30.3. The summed E-state index contributed by atoms with van der Waals surface area (Å²) < 4.78 is 12.1. The molecule has 1 spiro atoms. The van der Waals surface area contributed by atoms with Crippen LogP contribution >= 0.6 is 0 Å². The van der Waals surface area contributed by atoms with Gasteiger partial charge in [-0.3, -0.25) is 4.79 Å². The van der Waals surface area contributed by atoms with E-state index in [-0.39, 0.29) is 45.7 Å². The van der Waals surface area contributed by atoms with E-state index in [0.717, 1.165) is 57.8 Å². The third kappa shape index (κ3) is 3.68. The van der Waals surface area contributed by atoms with Crippen LogP contribution in [0.25, 0.3) is 0 Å². The normalized spacial score (nSPS) is 49.3. The van der Waals surface area contributed by atoms with Crippen LogP contribution in [-0.2, 0) is 19.1 Å². The fourth-order valence-corrected chi connectivity index (χ4v) is 11.5. The number of carboxylic acid groups (broad SMARTS) is 1. The maximum atomic E-state index is 12.9. The van der Waals surface area contributed by atoms with Crippen LogP contribution in [0.2, 0.25) is 0 Å². The van der Waals surface area contributed by atoms with Crippen LogP contribution in [0.4, 0.5) is 0 Å². The molecule has 6 fully saturated rings. The van der Waals surface area contributed by atoms with Gasteiger partial charge in [0, 0.05) is 11.8 Å². The Hall–Kier alpha value is -1.70. The molecule has 0 aromatic carbocycles. The Balaban J connectivity index is 1.37. The lowest BCUT2D eigenvalue weighted by Crippen LogP contribution is -2.74. The molecule has 7 nitrogen and oxygen atoms in total. The second-order valence-electron chi connectivity index (χ2n) is 16.7. The van der Waals surface area contributed by atoms with Crippen molar-refractivity contribution in [1.29, 1.82) is 0 Å². The van der Waals surface area contributed by atoms with Gasteiger partial charge in [-0.05, 0) is 98.7 Å². The van der Waals surface area contributed by atoms with Gasteiger partial charge in [0.1, 0.15) is 6.61 Å². The van der Waals surface area contributed by atoms with Gasteiger partial charge in [-0.2, -0.15) is 0 Å². The molecule has 10 atom stereocenters. The van der Waals surface area contributed by atoms with E-state index in [0.29, 0.717) is 18.9 Å². The second kappa shape index (κ2) is 9.17.